The zero-order valence-electron chi connectivity index (χ0n) is 12.6. The summed E-state index contributed by atoms with van der Waals surface area (Å²) in [5.74, 6) is 0.217. The molecule has 0 aromatic heterocycles. The zero-order valence-corrected chi connectivity index (χ0v) is 13.4. The topological polar surface area (TPSA) is 75.3 Å². The predicted octanol–water partition coefficient (Wildman–Crippen LogP) is 2.86. The quantitative estimate of drug-likeness (QED) is 0.879. The van der Waals surface area contributed by atoms with Gasteiger partial charge in [-0.05, 0) is 49.4 Å². The lowest BCUT2D eigenvalue weighted by molar-refractivity contribution is 0.244. The number of fused-ring (bicyclic) bond motifs is 1. The van der Waals surface area contributed by atoms with Crippen molar-refractivity contribution in [1.82, 2.24) is 5.32 Å². The van der Waals surface area contributed by atoms with E-state index in [1.165, 1.54) is 19.3 Å². The molecule has 0 bridgehead atoms. The highest BCUT2D eigenvalue weighted by Crippen LogP contribution is 2.27. The van der Waals surface area contributed by atoms with E-state index in [0.29, 0.717) is 17.0 Å². The molecule has 1 saturated carbocycles. The van der Waals surface area contributed by atoms with E-state index in [9.17, 15) is 13.2 Å². The third kappa shape index (κ3) is 3.43. The van der Waals surface area contributed by atoms with Crippen LogP contribution in [-0.2, 0) is 16.3 Å². The summed E-state index contributed by atoms with van der Waals surface area (Å²) >= 11 is 0. The van der Waals surface area contributed by atoms with Gasteiger partial charge in [0.05, 0.1) is 10.6 Å². The number of nitrogens with one attached hydrogen (secondary N) is 2. The molecule has 1 aromatic carbocycles. The van der Waals surface area contributed by atoms with Crippen LogP contribution < -0.4 is 10.6 Å². The Balaban J connectivity index is 1.67. The second-order valence-electron chi connectivity index (χ2n) is 6.18. The van der Waals surface area contributed by atoms with E-state index in [1.54, 1.807) is 18.2 Å². The lowest BCUT2D eigenvalue weighted by atomic mass is 9.96. The predicted molar refractivity (Wildman–Crippen MR) is 85.8 cm³/mol. The molecule has 2 aliphatic rings. The summed E-state index contributed by atoms with van der Waals surface area (Å²) in [6.07, 6.45) is 7.05. The fourth-order valence-electron chi connectivity index (χ4n) is 3.32. The molecule has 3 rings (SSSR count). The highest BCUT2D eigenvalue weighted by Gasteiger charge is 2.23. The lowest BCUT2D eigenvalue weighted by Crippen LogP contribution is -2.39. The summed E-state index contributed by atoms with van der Waals surface area (Å²) in [5.41, 5.74) is 1.46. The molecule has 1 aliphatic carbocycles. The molecule has 6 heteroatoms. The first-order valence-corrected chi connectivity index (χ1v) is 9.63. The van der Waals surface area contributed by atoms with Gasteiger partial charge in [0.2, 0.25) is 0 Å². The Morgan fingerprint density at radius 1 is 1.09 bits per heavy atom. The number of sulfone groups is 1. The lowest BCUT2D eigenvalue weighted by Gasteiger charge is -2.23. The molecule has 0 atom stereocenters. The summed E-state index contributed by atoms with van der Waals surface area (Å²) in [6.45, 7) is 0. The molecule has 2 N–H and O–H groups in total. The number of amides is 2. The maximum absolute atomic E-state index is 12.0. The van der Waals surface area contributed by atoms with Crippen LogP contribution in [-0.4, -0.2) is 26.2 Å². The molecular weight excluding hydrogens is 300 g/mol. The van der Waals surface area contributed by atoms with Crippen molar-refractivity contribution in [2.75, 3.05) is 11.1 Å². The van der Waals surface area contributed by atoms with Crippen LogP contribution in [0.3, 0.4) is 0 Å². The van der Waals surface area contributed by atoms with Crippen molar-refractivity contribution in [3.05, 3.63) is 23.8 Å². The summed E-state index contributed by atoms with van der Waals surface area (Å²) in [5, 5.41) is 5.82. The first-order chi connectivity index (χ1) is 10.5. The molecular formula is C16H22N2O3S. The van der Waals surface area contributed by atoms with Crippen LogP contribution in [0.5, 0.6) is 0 Å². The van der Waals surface area contributed by atoms with Crippen LogP contribution in [0.15, 0.2) is 23.1 Å². The van der Waals surface area contributed by atoms with Gasteiger partial charge < -0.3 is 10.6 Å². The molecule has 22 heavy (non-hydrogen) atoms. The van der Waals surface area contributed by atoms with E-state index in [0.717, 1.165) is 24.8 Å². The number of aryl methyl sites for hydroxylation is 1. The van der Waals surface area contributed by atoms with E-state index in [-0.39, 0.29) is 17.8 Å². The number of urea groups is 1. The van der Waals surface area contributed by atoms with E-state index in [2.05, 4.69) is 10.6 Å². The standard InChI is InChI=1S/C16H22N2O3S/c19-16(17-13-6-2-1-3-7-13)18-14-8-9-15-12(11-14)5-4-10-22(15,20)21/h8-9,11,13H,1-7,10H2,(H2,17,18,19). The number of carbonyl (C=O) groups is 1. The molecule has 120 valence electrons. The van der Waals surface area contributed by atoms with Crippen LogP contribution in [0.25, 0.3) is 0 Å². The smallest absolute Gasteiger partial charge is 0.319 e. The maximum atomic E-state index is 12.0. The molecule has 1 aromatic rings. The minimum Gasteiger partial charge on any atom is -0.335 e. The van der Waals surface area contributed by atoms with Gasteiger partial charge in [-0.1, -0.05) is 19.3 Å². The first kappa shape index (κ1) is 15.3. The summed E-state index contributed by atoms with van der Waals surface area (Å²) < 4.78 is 23.9. The maximum Gasteiger partial charge on any atom is 0.319 e. The van der Waals surface area contributed by atoms with Crippen molar-refractivity contribution in [1.29, 1.82) is 0 Å². The van der Waals surface area contributed by atoms with Gasteiger partial charge in [0.1, 0.15) is 0 Å². The number of hydrogen-bond acceptors (Lipinski definition) is 3. The Morgan fingerprint density at radius 2 is 1.86 bits per heavy atom. The third-order valence-electron chi connectivity index (χ3n) is 4.45. The van der Waals surface area contributed by atoms with Gasteiger partial charge in [0.25, 0.3) is 0 Å². The third-order valence-corrected chi connectivity index (χ3v) is 6.35. The highest BCUT2D eigenvalue weighted by molar-refractivity contribution is 7.91. The molecule has 1 fully saturated rings. The Morgan fingerprint density at radius 3 is 2.64 bits per heavy atom. The Kier molecular flexibility index (Phi) is 4.38. The number of rotatable bonds is 2. The van der Waals surface area contributed by atoms with E-state index >= 15 is 0 Å². The van der Waals surface area contributed by atoms with Crippen molar-refractivity contribution in [3.8, 4) is 0 Å². The minimum absolute atomic E-state index is 0.203. The number of hydrogen-bond donors (Lipinski definition) is 2. The average Bonchev–Trinajstić information content (AvgIpc) is 2.47. The minimum atomic E-state index is -3.14. The highest BCUT2D eigenvalue weighted by atomic mass is 32.2. The van der Waals surface area contributed by atoms with E-state index < -0.39 is 9.84 Å². The van der Waals surface area contributed by atoms with Gasteiger partial charge in [0, 0.05) is 11.7 Å². The van der Waals surface area contributed by atoms with Gasteiger partial charge >= 0.3 is 6.03 Å². The molecule has 2 amide bonds. The molecule has 0 spiro atoms. The number of carbonyl (C=O) groups excluding carboxylic acids is 1. The molecule has 1 heterocycles. The van der Waals surface area contributed by atoms with Crippen molar-refractivity contribution in [3.63, 3.8) is 0 Å². The second kappa shape index (κ2) is 6.28. The van der Waals surface area contributed by atoms with Gasteiger partial charge in [0.15, 0.2) is 9.84 Å². The Bertz CT molecular complexity index is 664. The van der Waals surface area contributed by atoms with Gasteiger partial charge in [-0.3, -0.25) is 0 Å². The molecule has 0 saturated heterocycles. The molecule has 0 unspecified atom stereocenters. The van der Waals surface area contributed by atoms with E-state index in [4.69, 9.17) is 0 Å². The van der Waals surface area contributed by atoms with Gasteiger partial charge in [-0.25, -0.2) is 13.2 Å². The van der Waals surface area contributed by atoms with Crippen LogP contribution in [0.2, 0.25) is 0 Å². The van der Waals surface area contributed by atoms with Crippen molar-refractivity contribution in [2.24, 2.45) is 0 Å². The Hall–Kier alpha value is -1.56. The SMILES string of the molecule is O=C(Nc1ccc2c(c1)CCCS2(=O)=O)NC1CCCCC1. The van der Waals surface area contributed by atoms with Gasteiger partial charge in [-0.2, -0.15) is 0 Å². The average molecular weight is 322 g/mol. The largest absolute Gasteiger partial charge is 0.335 e. The van der Waals surface area contributed by atoms with Crippen molar-refractivity contribution in [2.45, 2.75) is 55.9 Å². The van der Waals surface area contributed by atoms with Crippen molar-refractivity contribution >= 4 is 21.6 Å². The Labute approximate surface area is 131 Å². The van der Waals surface area contributed by atoms with Crippen molar-refractivity contribution < 1.29 is 13.2 Å². The van der Waals surface area contributed by atoms with Crippen LogP contribution in [0, 0.1) is 0 Å². The first-order valence-electron chi connectivity index (χ1n) is 7.98. The molecule has 0 radical (unpaired) electrons. The molecule has 1 aliphatic heterocycles. The normalized spacial score (nSPS) is 20.9. The van der Waals surface area contributed by atoms with Crippen LogP contribution in [0.4, 0.5) is 10.5 Å². The summed E-state index contributed by atoms with van der Waals surface area (Å²) in [4.78, 5) is 12.4. The summed E-state index contributed by atoms with van der Waals surface area (Å²) in [6, 6.07) is 5.12. The zero-order chi connectivity index (χ0) is 15.6. The second-order valence-corrected chi connectivity index (χ2v) is 8.26. The number of benzene rings is 1. The monoisotopic (exact) mass is 322 g/mol. The van der Waals surface area contributed by atoms with E-state index in [1.807, 2.05) is 0 Å². The fourth-order valence-corrected chi connectivity index (χ4v) is 4.90. The fraction of sp³-hybridized carbons (Fsp3) is 0.562. The van der Waals surface area contributed by atoms with Gasteiger partial charge in [-0.15, -0.1) is 0 Å². The summed E-state index contributed by atoms with van der Waals surface area (Å²) in [7, 11) is -3.14. The van der Waals surface area contributed by atoms with Crippen LogP contribution in [0.1, 0.15) is 44.1 Å². The number of anilines is 1. The molecule has 5 nitrogen and oxygen atoms in total. The van der Waals surface area contributed by atoms with Crippen LogP contribution >= 0.6 is 0 Å².